The molecular weight excluding hydrogens is 212 g/mol. The second kappa shape index (κ2) is 5.80. The van der Waals surface area contributed by atoms with Gasteiger partial charge < -0.3 is 10.0 Å². The van der Waals surface area contributed by atoms with E-state index in [0.29, 0.717) is 17.7 Å². The van der Waals surface area contributed by atoms with Crippen LogP contribution in [0, 0.1) is 0 Å². The highest BCUT2D eigenvalue weighted by Crippen LogP contribution is 2.27. The molecule has 1 N–H and O–H groups in total. The van der Waals surface area contributed by atoms with Crippen LogP contribution in [0.4, 0.5) is 14.5 Å². The molecule has 1 atom stereocenters. The molecule has 0 fully saturated rings. The van der Waals surface area contributed by atoms with Gasteiger partial charge in [-0.15, -0.1) is 0 Å². The second-order valence-electron chi connectivity index (χ2n) is 3.75. The van der Waals surface area contributed by atoms with E-state index in [2.05, 4.69) is 0 Å². The SMILES string of the molecule is CCC(O)c1ccccc1N(C)CC(F)F. The minimum Gasteiger partial charge on any atom is -0.388 e. The number of alkyl halides is 2. The summed E-state index contributed by atoms with van der Waals surface area (Å²) >= 11 is 0. The first kappa shape index (κ1) is 12.9. The molecule has 0 radical (unpaired) electrons. The Morgan fingerprint density at radius 3 is 2.50 bits per heavy atom. The van der Waals surface area contributed by atoms with E-state index < -0.39 is 12.5 Å². The van der Waals surface area contributed by atoms with Crippen molar-refractivity contribution in [1.82, 2.24) is 0 Å². The van der Waals surface area contributed by atoms with Crippen molar-refractivity contribution in [2.45, 2.75) is 25.9 Å². The van der Waals surface area contributed by atoms with Crippen molar-refractivity contribution in [1.29, 1.82) is 0 Å². The number of rotatable bonds is 5. The zero-order chi connectivity index (χ0) is 12.1. The van der Waals surface area contributed by atoms with Gasteiger partial charge in [-0.1, -0.05) is 25.1 Å². The molecule has 1 aromatic carbocycles. The summed E-state index contributed by atoms with van der Waals surface area (Å²) in [7, 11) is 1.60. The van der Waals surface area contributed by atoms with Crippen molar-refractivity contribution in [3.05, 3.63) is 29.8 Å². The van der Waals surface area contributed by atoms with E-state index in [9.17, 15) is 13.9 Å². The van der Waals surface area contributed by atoms with Crippen LogP contribution in [0.3, 0.4) is 0 Å². The van der Waals surface area contributed by atoms with Crippen LogP contribution in [0.25, 0.3) is 0 Å². The zero-order valence-electron chi connectivity index (χ0n) is 9.53. The van der Waals surface area contributed by atoms with E-state index in [4.69, 9.17) is 0 Å². The van der Waals surface area contributed by atoms with E-state index >= 15 is 0 Å². The Morgan fingerprint density at radius 2 is 1.94 bits per heavy atom. The third-order valence-corrected chi connectivity index (χ3v) is 2.51. The quantitative estimate of drug-likeness (QED) is 0.839. The average molecular weight is 229 g/mol. The Kier molecular flexibility index (Phi) is 4.68. The molecule has 16 heavy (non-hydrogen) atoms. The Hall–Kier alpha value is -1.16. The maximum atomic E-state index is 12.3. The van der Waals surface area contributed by atoms with Gasteiger partial charge >= 0.3 is 0 Å². The molecule has 1 unspecified atom stereocenters. The first-order valence-corrected chi connectivity index (χ1v) is 5.32. The highest BCUT2D eigenvalue weighted by atomic mass is 19.3. The molecule has 0 aliphatic carbocycles. The first-order valence-electron chi connectivity index (χ1n) is 5.32. The molecule has 90 valence electrons. The van der Waals surface area contributed by atoms with E-state index in [1.807, 2.05) is 6.92 Å². The van der Waals surface area contributed by atoms with E-state index in [1.54, 1.807) is 31.3 Å². The molecule has 0 bridgehead atoms. The van der Waals surface area contributed by atoms with Crippen molar-refractivity contribution in [3.8, 4) is 0 Å². The summed E-state index contributed by atoms with van der Waals surface area (Å²) in [5.41, 5.74) is 1.37. The van der Waals surface area contributed by atoms with Crippen molar-refractivity contribution in [2.24, 2.45) is 0 Å². The van der Waals surface area contributed by atoms with E-state index in [1.165, 1.54) is 4.90 Å². The average Bonchev–Trinajstić information content (AvgIpc) is 2.27. The molecule has 0 aliphatic rings. The highest BCUT2D eigenvalue weighted by Gasteiger charge is 2.15. The van der Waals surface area contributed by atoms with Gasteiger partial charge in [-0.3, -0.25) is 0 Å². The smallest absolute Gasteiger partial charge is 0.255 e. The molecule has 0 amide bonds. The van der Waals surface area contributed by atoms with Gasteiger partial charge in [-0.05, 0) is 12.5 Å². The predicted octanol–water partition coefficient (Wildman–Crippen LogP) is 2.83. The van der Waals surface area contributed by atoms with Crippen LogP contribution in [0.2, 0.25) is 0 Å². The van der Waals surface area contributed by atoms with Crippen molar-refractivity contribution < 1.29 is 13.9 Å². The fourth-order valence-corrected chi connectivity index (χ4v) is 1.64. The van der Waals surface area contributed by atoms with E-state index in [0.717, 1.165) is 0 Å². The largest absolute Gasteiger partial charge is 0.388 e. The van der Waals surface area contributed by atoms with Gasteiger partial charge in [0.05, 0.1) is 12.6 Å². The number of hydrogen-bond donors (Lipinski definition) is 1. The van der Waals surface area contributed by atoms with Gasteiger partial charge in [0.25, 0.3) is 6.43 Å². The molecule has 1 rings (SSSR count). The molecule has 1 aromatic rings. The summed E-state index contributed by atoms with van der Waals surface area (Å²) in [6.45, 7) is 1.53. The fraction of sp³-hybridized carbons (Fsp3) is 0.500. The summed E-state index contributed by atoms with van der Waals surface area (Å²) < 4.78 is 24.6. The minimum absolute atomic E-state index is 0.326. The Bertz CT molecular complexity index is 331. The molecule has 0 heterocycles. The lowest BCUT2D eigenvalue weighted by molar-refractivity contribution is 0.155. The van der Waals surface area contributed by atoms with Crippen LogP contribution >= 0.6 is 0 Å². The Balaban J connectivity index is 2.93. The maximum Gasteiger partial charge on any atom is 0.255 e. The number of hydrogen-bond acceptors (Lipinski definition) is 2. The Labute approximate surface area is 94.5 Å². The van der Waals surface area contributed by atoms with Crippen molar-refractivity contribution >= 4 is 5.69 Å². The second-order valence-corrected chi connectivity index (χ2v) is 3.75. The van der Waals surface area contributed by atoms with Gasteiger partial charge in [-0.25, -0.2) is 8.78 Å². The van der Waals surface area contributed by atoms with Crippen LogP contribution in [0.5, 0.6) is 0 Å². The number of aliphatic hydroxyl groups excluding tert-OH is 1. The lowest BCUT2D eigenvalue weighted by Gasteiger charge is -2.23. The third-order valence-electron chi connectivity index (χ3n) is 2.51. The standard InChI is InChI=1S/C12H17F2NO/c1-3-11(16)9-6-4-5-7-10(9)15(2)8-12(13)14/h4-7,11-12,16H,3,8H2,1-2H3. The third kappa shape index (κ3) is 3.17. The molecule has 2 nitrogen and oxygen atoms in total. The van der Waals surface area contributed by atoms with Crippen LogP contribution in [0.1, 0.15) is 25.0 Å². The molecular formula is C12H17F2NO. The molecule has 0 saturated carbocycles. The number of nitrogens with zero attached hydrogens (tertiary/aromatic N) is 1. The lowest BCUT2D eigenvalue weighted by Crippen LogP contribution is -2.25. The number of anilines is 1. The van der Waals surface area contributed by atoms with Crippen molar-refractivity contribution in [2.75, 3.05) is 18.5 Å². The fourth-order valence-electron chi connectivity index (χ4n) is 1.64. The molecule has 4 heteroatoms. The van der Waals surface area contributed by atoms with Crippen LogP contribution in [-0.2, 0) is 0 Å². The van der Waals surface area contributed by atoms with Gasteiger partial charge in [0, 0.05) is 18.3 Å². The minimum atomic E-state index is -2.38. The van der Waals surface area contributed by atoms with Gasteiger partial charge in [0.1, 0.15) is 0 Å². The Morgan fingerprint density at radius 1 is 1.31 bits per heavy atom. The van der Waals surface area contributed by atoms with Crippen LogP contribution in [0.15, 0.2) is 24.3 Å². The molecule has 0 spiro atoms. The van der Waals surface area contributed by atoms with Gasteiger partial charge in [-0.2, -0.15) is 0 Å². The van der Waals surface area contributed by atoms with Crippen LogP contribution in [-0.4, -0.2) is 25.1 Å². The van der Waals surface area contributed by atoms with Crippen LogP contribution < -0.4 is 4.90 Å². The first-order chi connectivity index (χ1) is 7.56. The summed E-state index contributed by atoms with van der Waals surface area (Å²) in [6, 6.07) is 7.10. The number of para-hydroxylation sites is 1. The predicted molar refractivity (Wildman–Crippen MR) is 61.0 cm³/mol. The molecule has 0 aromatic heterocycles. The molecule has 0 aliphatic heterocycles. The molecule has 0 saturated heterocycles. The lowest BCUT2D eigenvalue weighted by atomic mass is 10.0. The summed E-state index contributed by atoms with van der Waals surface area (Å²) in [5, 5.41) is 9.78. The highest BCUT2D eigenvalue weighted by molar-refractivity contribution is 5.54. The number of halogens is 2. The van der Waals surface area contributed by atoms with Crippen molar-refractivity contribution in [3.63, 3.8) is 0 Å². The maximum absolute atomic E-state index is 12.3. The topological polar surface area (TPSA) is 23.5 Å². The summed E-state index contributed by atoms with van der Waals surface area (Å²) in [4.78, 5) is 1.47. The van der Waals surface area contributed by atoms with Gasteiger partial charge in [0.2, 0.25) is 0 Å². The summed E-state index contributed by atoms with van der Waals surface area (Å²) in [5.74, 6) is 0. The normalized spacial score (nSPS) is 12.9. The van der Waals surface area contributed by atoms with E-state index in [-0.39, 0.29) is 6.54 Å². The zero-order valence-corrected chi connectivity index (χ0v) is 9.53. The monoisotopic (exact) mass is 229 g/mol. The summed E-state index contributed by atoms with van der Waals surface area (Å²) in [6.07, 6.45) is -2.41. The number of benzene rings is 1. The number of aliphatic hydroxyl groups is 1. The van der Waals surface area contributed by atoms with Gasteiger partial charge in [0.15, 0.2) is 0 Å².